The van der Waals surface area contributed by atoms with Crippen molar-refractivity contribution in [1.82, 2.24) is 9.88 Å². The lowest BCUT2D eigenvalue weighted by Crippen LogP contribution is -2.39. The van der Waals surface area contributed by atoms with Crippen LogP contribution in [0, 0.1) is 5.82 Å². The number of anilines is 1. The molecule has 0 unspecified atom stereocenters. The molecule has 2 N–H and O–H groups in total. The Morgan fingerprint density at radius 1 is 1.26 bits per heavy atom. The molecular weight excluding hydrogens is 364 g/mol. The van der Waals surface area contributed by atoms with Gasteiger partial charge in [0.15, 0.2) is 0 Å². The lowest BCUT2D eigenvalue weighted by molar-refractivity contribution is -0.137. The SMILES string of the molecule is CCCCN1Cc2ccc(=O)[nH]c2N=C1Nc1cc(C(F)(F)F)ccc1F. The van der Waals surface area contributed by atoms with Crippen LogP contribution in [0.15, 0.2) is 40.1 Å². The summed E-state index contributed by atoms with van der Waals surface area (Å²) >= 11 is 0. The molecule has 1 aliphatic heterocycles. The van der Waals surface area contributed by atoms with E-state index < -0.39 is 17.6 Å². The lowest BCUT2D eigenvalue weighted by atomic mass is 10.1. The van der Waals surface area contributed by atoms with Crippen LogP contribution in [0.25, 0.3) is 0 Å². The molecule has 1 aromatic carbocycles. The second-order valence-corrected chi connectivity index (χ2v) is 6.22. The number of H-pyrrole nitrogens is 1. The van der Waals surface area contributed by atoms with Gasteiger partial charge >= 0.3 is 6.18 Å². The number of nitrogens with one attached hydrogen (secondary N) is 2. The third-order valence-corrected chi connectivity index (χ3v) is 4.18. The van der Waals surface area contributed by atoms with Gasteiger partial charge in [0.2, 0.25) is 11.5 Å². The first-order valence-electron chi connectivity index (χ1n) is 8.47. The maximum atomic E-state index is 14.1. The molecule has 0 radical (unpaired) electrons. The summed E-state index contributed by atoms with van der Waals surface area (Å²) < 4.78 is 52.9. The second-order valence-electron chi connectivity index (χ2n) is 6.22. The van der Waals surface area contributed by atoms with Crippen LogP contribution < -0.4 is 10.9 Å². The normalized spacial score (nSPS) is 14.0. The van der Waals surface area contributed by atoms with E-state index in [9.17, 15) is 22.4 Å². The Balaban J connectivity index is 1.98. The average molecular weight is 382 g/mol. The van der Waals surface area contributed by atoms with Crippen LogP contribution in [-0.2, 0) is 12.7 Å². The molecule has 0 aliphatic carbocycles. The van der Waals surface area contributed by atoms with Crippen LogP contribution in [0.1, 0.15) is 30.9 Å². The highest BCUT2D eigenvalue weighted by Gasteiger charge is 2.31. The fraction of sp³-hybridized carbons (Fsp3) is 0.333. The fourth-order valence-electron chi connectivity index (χ4n) is 2.74. The smallest absolute Gasteiger partial charge is 0.338 e. The van der Waals surface area contributed by atoms with Crippen molar-refractivity contribution < 1.29 is 17.6 Å². The summed E-state index contributed by atoms with van der Waals surface area (Å²) in [7, 11) is 0. The molecule has 0 spiro atoms. The van der Waals surface area contributed by atoms with Crippen molar-refractivity contribution in [2.24, 2.45) is 4.99 Å². The van der Waals surface area contributed by atoms with E-state index >= 15 is 0 Å². The number of pyridine rings is 1. The third-order valence-electron chi connectivity index (χ3n) is 4.18. The van der Waals surface area contributed by atoms with Crippen LogP contribution >= 0.6 is 0 Å². The number of halogens is 4. The van der Waals surface area contributed by atoms with E-state index in [1.807, 2.05) is 11.8 Å². The number of hydrogen-bond acceptors (Lipinski definition) is 4. The number of aromatic amines is 1. The molecule has 0 saturated heterocycles. The molecule has 0 saturated carbocycles. The van der Waals surface area contributed by atoms with Crippen molar-refractivity contribution >= 4 is 17.5 Å². The Bertz CT molecular complexity index is 920. The van der Waals surface area contributed by atoms with Crippen molar-refractivity contribution in [1.29, 1.82) is 0 Å². The predicted molar refractivity (Wildman–Crippen MR) is 94.5 cm³/mol. The zero-order chi connectivity index (χ0) is 19.6. The Labute approximate surface area is 152 Å². The monoisotopic (exact) mass is 382 g/mol. The summed E-state index contributed by atoms with van der Waals surface area (Å²) in [5, 5.41) is 2.66. The molecule has 27 heavy (non-hydrogen) atoms. The fourth-order valence-corrected chi connectivity index (χ4v) is 2.74. The molecule has 9 heteroatoms. The molecule has 0 amide bonds. The van der Waals surface area contributed by atoms with Crippen molar-refractivity contribution in [2.75, 3.05) is 11.9 Å². The van der Waals surface area contributed by atoms with Crippen LogP contribution in [0.2, 0.25) is 0 Å². The minimum atomic E-state index is -4.59. The highest BCUT2D eigenvalue weighted by atomic mass is 19.4. The molecule has 5 nitrogen and oxygen atoms in total. The first-order valence-corrected chi connectivity index (χ1v) is 8.47. The maximum absolute atomic E-state index is 14.1. The lowest BCUT2D eigenvalue weighted by Gasteiger charge is -2.30. The highest BCUT2D eigenvalue weighted by molar-refractivity contribution is 5.96. The number of rotatable bonds is 4. The van der Waals surface area contributed by atoms with Crippen molar-refractivity contribution in [3.05, 3.63) is 57.6 Å². The Morgan fingerprint density at radius 2 is 2.04 bits per heavy atom. The Morgan fingerprint density at radius 3 is 2.74 bits per heavy atom. The molecule has 2 heterocycles. The Kier molecular flexibility index (Phi) is 5.20. The first-order chi connectivity index (χ1) is 12.8. The second kappa shape index (κ2) is 7.42. The Hall–Kier alpha value is -2.84. The number of aromatic nitrogens is 1. The van der Waals surface area contributed by atoms with Gasteiger partial charge in [-0.15, -0.1) is 0 Å². The van der Waals surface area contributed by atoms with Gasteiger partial charge in [0.1, 0.15) is 11.6 Å². The van der Waals surface area contributed by atoms with E-state index in [-0.39, 0.29) is 17.2 Å². The molecular formula is C18H18F4N4O. The number of benzene rings is 1. The number of unbranched alkanes of at least 4 members (excludes halogenated alkanes) is 1. The number of aliphatic imine (C=N–C) groups is 1. The minimum Gasteiger partial charge on any atom is -0.338 e. The number of guanidine groups is 1. The first kappa shape index (κ1) is 18.9. The van der Waals surface area contributed by atoms with Crippen molar-refractivity contribution in [2.45, 2.75) is 32.5 Å². The average Bonchev–Trinajstić information content (AvgIpc) is 2.60. The van der Waals surface area contributed by atoms with Crippen LogP contribution in [-0.4, -0.2) is 22.4 Å². The summed E-state index contributed by atoms with van der Waals surface area (Å²) in [5.41, 5.74) is -0.853. The number of alkyl halides is 3. The molecule has 144 valence electrons. The quantitative estimate of drug-likeness (QED) is 0.778. The van der Waals surface area contributed by atoms with E-state index in [0.717, 1.165) is 24.5 Å². The van der Waals surface area contributed by atoms with Crippen molar-refractivity contribution in [3.63, 3.8) is 0 Å². The predicted octanol–water partition coefficient (Wildman–Crippen LogP) is 4.25. The summed E-state index contributed by atoms with van der Waals surface area (Å²) in [6.07, 6.45) is -2.86. The van der Waals surface area contributed by atoms with E-state index in [4.69, 9.17) is 0 Å². The number of nitrogens with zero attached hydrogens (tertiary/aromatic N) is 2. The summed E-state index contributed by atoms with van der Waals surface area (Å²) in [6.45, 7) is 2.99. The number of fused-ring (bicyclic) bond motifs is 1. The topological polar surface area (TPSA) is 60.5 Å². The van der Waals surface area contributed by atoms with E-state index in [1.54, 1.807) is 6.07 Å². The summed E-state index contributed by atoms with van der Waals surface area (Å²) in [5.74, 6) is -0.324. The number of hydrogen-bond donors (Lipinski definition) is 2. The van der Waals surface area contributed by atoms with Gasteiger partial charge in [-0.05, 0) is 30.7 Å². The zero-order valence-corrected chi connectivity index (χ0v) is 14.5. The molecule has 0 bridgehead atoms. The summed E-state index contributed by atoms with van der Waals surface area (Å²) in [6, 6.07) is 5.19. The maximum Gasteiger partial charge on any atom is 0.416 e. The van der Waals surface area contributed by atoms with Crippen molar-refractivity contribution in [3.8, 4) is 0 Å². The van der Waals surface area contributed by atoms with Gasteiger partial charge in [-0.2, -0.15) is 18.2 Å². The standard InChI is InChI=1S/C18H18F4N4O/c1-2-3-8-26-10-11-4-7-15(27)24-16(11)25-17(26)23-14-9-12(18(20,21)22)5-6-13(14)19/h4-7,9H,2-3,8,10H2,1H3,(H2,23,24,25,27). The van der Waals surface area contributed by atoms with E-state index in [0.29, 0.717) is 31.0 Å². The van der Waals surface area contributed by atoms with Gasteiger partial charge in [-0.3, -0.25) is 4.79 Å². The molecule has 1 aromatic heterocycles. The van der Waals surface area contributed by atoms with Gasteiger partial charge in [0.05, 0.1) is 11.3 Å². The largest absolute Gasteiger partial charge is 0.416 e. The van der Waals surface area contributed by atoms with Gasteiger partial charge < -0.3 is 15.2 Å². The highest BCUT2D eigenvalue weighted by Crippen LogP contribution is 2.32. The van der Waals surface area contributed by atoms with Gasteiger partial charge in [0, 0.05) is 24.7 Å². The molecule has 0 atom stereocenters. The molecule has 2 aromatic rings. The van der Waals surface area contributed by atoms with Gasteiger partial charge in [-0.1, -0.05) is 13.3 Å². The third kappa shape index (κ3) is 4.29. The van der Waals surface area contributed by atoms with Crippen LogP contribution in [0.5, 0.6) is 0 Å². The van der Waals surface area contributed by atoms with Gasteiger partial charge in [-0.25, -0.2) is 4.39 Å². The van der Waals surface area contributed by atoms with Gasteiger partial charge in [0.25, 0.3) is 0 Å². The molecule has 1 aliphatic rings. The van der Waals surface area contributed by atoms with Crippen LogP contribution in [0.3, 0.4) is 0 Å². The molecule has 3 rings (SSSR count). The van der Waals surface area contributed by atoms with Crippen LogP contribution in [0.4, 0.5) is 29.1 Å². The minimum absolute atomic E-state index is 0.191. The zero-order valence-electron chi connectivity index (χ0n) is 14.5. The molecule has 0 fully saturated rings. The van der Waals surface area contributed by atoms with E-state index in [2.05, 4.69) is 15.3 Å². The van der Waals surface area contributed by atoms with E-state index in [1.165, 1.54) is 6.07 Å². The summed E-state index contributed by atoms with van der Waals surface area (Å²) in [4.78, 5) is 20.2.